The average molecular weight is 791 g/mol. The van der Waals surface area contributed by atoms with Crippen LogP contribution in [0.4, 0.5) is 0 Å². The van der Waals surface area contributed by atoms with E-state index < -0.39 is 0 Å². The highest BCUT2D eigenvalue weighted by molar-refractivity contribution is 6.11. The standard InChI is InChI=1S/C58H38N4/c1-4-14-41(15-5-1)52-38-53(60-58(59-52)43-16-6-2-7-17-43)42-28-32-47(33-29-42)62-55-23-13-11-21-49(55)51-35-31-45(37-57(51)62)40-26-24-39(25-27-40)44-30-34-50-48-20-10-12-22-54(48)61(56(50)36-44)46-18-8-3-9-19-46/h1-38H. The molecular formula is C58H38N4. The first-order chi connectivity index (χ1) is 30.7. The van der Waals surface area contributed by atoms with E-state index in [9.17, 15) is 0 Å². The van der Waals surface area contributed by atoms with Gasteiger partial charge in [0.2, 0.25) is 0 Å². The monoisotopic (exact) mass is 790 g/mol. The van der Waals surface area contributed by atoms with Gasteiger partial charge in [0.15, 0.2) is 5.82 Å². The highest BCUT2D eigenvalue weighted by atomic mass is 15.0. The number of rotatable bonds is 7. The molecule has 4 heteroatoms. The van der Waals surface area contributed by atoms with E-state index in [2.05, 4.69) is 203 Å². The summed E-state index contributed by atoms with van der Waals surface area (Å²) in [5.74, 6) is 0.710. The Kier molecular flexibility index (Phi) is 8.46. The molecule has 0 fully saturated rings. The third-order valence-electron chi connectivity index (χ3n) is 12.2. The second kappa shape index (κ2) is 14.7. The number of aromatic nitrogens is 4. The van der Waals surface area contributed by atoms with Crippen LogP contribution < -0.4 is 0 Å². The van der Waals surface area contributed by atoms with Crippen molar-refractivity contribution in [3.8, 4) is 67.5 Å². The number of benzene rings is 9. The van der Waals surface area contributed by atoms with E-state index in [1.54, 1.807) is 0 Å². The Hall–Kier alpha value is -8.34. The van der Waals surface area contributed by atoms with Crippen molar-refractivity contribution in [2.75, 3.05) is 0 Å². The zero-order chi connectivity index (χ0) is 41.0. The fraction of sp³-hybridized carbons (Fsp3) is 0. The van der Waals surface area contributed by atoms with Crippen LogP contribution >= 0.6 is 0 Å². The van der Waals surface area contributed by atoms with Crippen LogP contribution in [0.1, 0.15) is 0 Å². The molecule has 0 atom stereocenters. The molecule has 0 unspecified atom stereocenters. The summed E-state index contributed by atoms with van der Waals surface area (Å²) in [6.07, 6.45) is 0. The Morgan fingerprint density at radius 1 is 0.242 bits per heavy atom. The largest absolute Gasteiger partial charge is 0.309 e. The summed E-state index contributed by atoms with van der Waals surface area (Å²) in [5.41, 5.74) is 16.6. The van der Waals surface area contributed by atoms with Crippen molar-refractivity contribution in [2.45, 2.75) is 0 Å². The molecule has 0 bridgehead atoms. The minimum Gasteiger partial charge on any atom is -0.309 e. The maximum atomic E-state index is 5.08. The number of para-hydroxylation sites is 3. The summed E-state index contributed by atoms with van der Waals surface area (Å²) in [5, 5.41) is 4.97. The second-order valence-corrected chi connectivity index (χ2v) is 15.8. The van der Waals surface area contributed by atoms with Crippen LogP contribution in [0.2, 0.25) is 0 Å². The summed E-state index contributed by atoms with van der Waals surface area (Å²) < 4.78 is 4.77. The highest BCUT2D eigenvalue weighted by Gasteiger charge is 2.17. The molecule has 0 saturated carbocycles. The molecule has 12 rings (SSSR count). The third-order valence-corrected chi connectivity index (χ3v) is 12.2. The lowest BCUT2D eigenvalue weighted by atomic mass is 9.98. The van der Waals surface area contributed by atoms with E-state index in [4.69, 9.17) is 9.97 Å². The molecule has 0 N–H and O–H groups in total. The Morgan fingerprint density at radius 2 is 0.613 bits per heavy atom. The van der Waals surface area contributed by atoms with Gasteiger partial charge in [-0.25, -0.2) is 9.97 Å². The first kappa shape index (κ1) is 35.6. The van der Waals surface area contributed by atoms with Crippen molar-refractivity contribution in [3.63, 3.8) is 0 Å². The smallest absolute Gasteiger partial charge is 0.160 e. The molecule has 4 nitrogen and oxygen atoms in total. The van der Waals surface area contributed by atoms with Gasteiger partial charge in [-0.1, -0.05) is 176 Å². The zero-order valence-electron chi connectivity index (χ0n) is 33.7. The van der Waals surface area contributed by atoms with Crippen molar-refractivity contribution >= 4 is 43.6 Å². The van der Waals surface area contributed by atoms with Gasteiger partial charge in [0, 0.05) is 49.6 Å². The predicted molar refractivity (Wildman–Crippen MR) is 258 cm³/mol. The maximum absolute atomic E-state index is 5.08. The van der Waals surface area contributed by atoms with Crippen LogP contribution in [-0.2, 0) is 0 Å². The van der Waals surface area contributed by atoms with Gasteiger partial charge in [-0.3, -0.25) is 0 Å². The van der Waals surface area contributed by atoms with Gasteiger partial charge in [-0.15, -0.1) is 0 Å². The summed E-state index contributed by atoms with van der Waals surface area (Å²) >= 11 is 0. The van der Waals surface area contributed by atoms with Gasteiger partial charge in [0.05, 0.1) is 33.5 Å². The number of nitrogens with zero attached hydrogens (tertiary/aromatic N) is 4. The van der Waals surface area contributed by atoms with Crippen molar-refractivity contribution < 1.29 is 0 Å². The highest BCUT2D eigenvalue weighted by Crippen LogP contribution is 2.38. The third kappa shape index (κ3) is 6.08. The van der Waals surface area contributed by atoms with Crippen molar-refractivity contribution in [2.24, 2.45) is 0 Å². The normalized spacial score (nSPS) is 11.5. The first-order valence-corrected chi connectivity index (χ1v) is 21.1. The predicted octanol–water partition coefficient (Wildman–Crippen LogP) is 15.0. The van der Waals surface area contributed by atoms with Crippen molar-refractivity contribution in [1.29, 1.82) is 0 Å². The average Bonchev–Trinajstić information content (AvgIpc) is 3.87. The number of hydrogen-bond donors (Lipinski definition) is 0. The molecule has 0 amide bonds. The topological polar surface area (TPSA) is 35.6 Å². The molecule has 0 radical (unpaired) electrons. The molecule has 3 aromatic heterocycles. The zero-order valence-corrected chi connectivity index (χ0v) is 33.7. The van der Waals surface area contributed by atoms with Crippen LogP contribution in [0, 0.1) is 0 Å². The molecule has 12 aromatic rings. The number of fused-ring (bicyclic) bond motifs is 6. The van der Waals surface area contributed by atoms with Crippen LogP contribution in [0.15, 0.2) is 231 Å². The van der Waals surface area contributed by atoms with Gasteiger partial charge in [-0.2, -0.15) is 0 Å². The van der Waals surface area contributed by atoms with Gasteiger partial charge in [0.25, 0.3) is 0 Å². The van der Waals surface area contributed by atoms with Crippen LogP contribution in [0.5, 0.6) is 0 Å². The van der Waals surface area contributed by atoms with E-state index in [-0.39, 0.29) is 0 Å². The molecule has 0 saturated heterocycles. The molecule has 0 aliphatic rings. The summed E-state index contributed by atoms with van der Waals surface area (Å²) in [7, 11) is 0. The van der Waals surface area contributed by atoms with Crippen LogP contribution in [-0.4, -0.2) is 19.1 Å². The maximum Gasteiger partial charge on any atom is 0.160 e. The minimum atomic E-state index is 0.710. The molecular weight excluding hydrogens is 753 g/mol. The quantitative estimate of drug-likeness (QED) is 0.161. The molecule has 0 aliphatic heterocycles. The van der Waals surface area contributed by atoms with E-state index in [1.165, 1.54) is 65.9 Å². The SMILES string of the molecule is c1ccc(-c2cc(-c3ccc(-n4c5ccccc5c5ccc(-c6ccc(-c7ccc8c9ccccc9n(-c9ccccc9)c8c7)cc6)cc54)cc3)nc(-c3ccccc3)n2)cc1. The van der Waals surface area contributed by atoms with E-state index >= 15 is 0 Å². The van der Waals surface area contributed by atoms with E-state index in [1.807, 2.05) is 36.4 Å². The Bertz CT molecular complexity index is 3530. The van der Waals surface area contributed by atoms with Crippen molar-refractivity contribution in [1.82, 2.24) is 19.1 Å². The summed E-state index contributed by atoms with van der Waals surface area (Å²) in [6, 6.07) is 82.2. The molecule has 290 valence electrons. The van der Waals surface area contributed by atoms with Crippen LogP contribution in [0.25, 0.3) is 111 Å². The van der Waals surface area contributed by atoms with E-state index in [0.29, 0.717) is 5.82 Å². The lowest BCUT2D eigenvalue weighted by molar-refractivity contribution is 1.17. The second-order valence-electron chi connectivity index (χ2n) is 15.8. The van der Waals surface area contributed by atoms with E-state index in [0.717, 1.165) is 39.5 Å². The first-order valence-electron chi connectivity index (χ1n) is 21.1. The fourth-order valence-corrected chi connectivity index (χ4v) is 9.14. The fourth-order valence-electron chi connectivity index (χ4n) is 9.14. The number of hydrogen-bond acceptors (Lipinski definition) is 2. The molecule has 0 aliphatic carbocycles. The van der Waals surface area contributed by atoms with Crippen molar-refractivity contribution in [3.05, 3.63) is 231 Å². The Morgan fingerprint density at radius 3 is 1.13 bits per heavy atom. The molecule has 9 aromatic carbocycles. The van der Waals surface area contributed by atoms with Gasteiger partial charge < -0.3 is 9.13 Å². The Balaban J connectivity index is 0.914. The van der Waals surface area contributed by atoms with Gasteiger partial charge >= 0.3 is 0 Å². The van der Waals surface area contributed by atoms with Crippen LogP contribution in [0.3, 0.4) is 0 Å². The van der Waals surface area contributed by atoms with Gasteiger partial charge in [-0.05, 0) is 76.9 Å². The summed E-state index contributed by atoms with van der Waals surface area (Å²) in [4.78, 5) is 10.1. The Labute approximate surface area is 359 Å². The van der Waals surface area contributed by atoms with Gasteiger partial charge in [0.1, 0.15) is 0 Å². The summed E-state index contributed by atoms with van der Waals surface area (Å²) in [6.45, 7) is 0. The molecule has 3 heterocycles. The minimum absolute atomic E-state index is 0.710. The molecule has 0 spiro atoms. The molecule has 62 heavy (non-hydrogen) atoms. The lowest BCUT2D eigenvalue weighted by Gasteiger charge is -2.12. The lowest BCUT2D eigenvalue weighted by Crippen LogP contribution is -1.97.